The molecule has 1 aliphatic heterocycles. The van der Waals surface area contributed by atoms with Gasteiger partial charge in [0.15, 0.2) is 5.58 Å². The van der Waals surface area contributed by atoms with E-state index in [0.29, 0.717) is 18.2 Å². The van der Waals surface area contributed by atoms with Gasteiger partial charge in [-0.25, -0.2) is 4.79 Å². The maximum Gasteiger partial charge on any atom is 0.336 e. The highest BCUT2D eigenvalue weighted by Gasteiger charge is 2.26. The molecule has 2 atom stereocenters. The van der Waals surface area contributed by atoms with Crippen molar-refractivity contribution >= 4 is 11.0 Å². The van der Waals surface area contributed by atoms with E-state index >= 15 is 0 Å². The first-order valence-corrected chi connectivity index (χ1v) is 10.9. The van der Waals surface area contributed by atoms with Gasteiger partial charge in [0.2, 0.25) is 6.73 Å². The molecule has 1 N–H and O–H groups in total. The summed E-state index contributed by atoms with van der Waals surface area (Å²) in [6.45, 7) is 4.52. The van der Waals surface area contributed by atoms with E-state index in [-0.39, 0.29) is 5.63 Å². The van der Waals surface area contributed by atoms with Crippen LogP contribution in [-0.2, 0) is 6.54 Å². The van der Waals surface area contributed by atoms with Crippen molar-refractivity contribution in [2.45, 2.75) is 19.4 Å². The Morgan fingerprint density at radius 1 is 1.03 bits per heavy atom. The largest absolute Gasteiger partial charge is 0.497 e. The Labute approximate surface area is 186 Å². The van der Waals surface area contributed by atoms with Gasteiger partial charge >= 0.3 is 5.63 Å². The van der Waals surface area contributed by atoms with Crippen LogP contribution in [0.5, 0.6) is 11.5 Å². The monoisotopic (exact) mass is 428 g/mol. The Hall–Kier alpha value is -3.57. The van der Waals surface area contributed by atoms with E-state index in [0.717, 1.165) is 46.7 Å². The fourth-order valence-corrected chi connectivity index (χ4v) is 4.52. The smallest absolute Gasteiger partial charge is 0.336 e. The van der Waals surface area contributed by atoms with Gasteiger partial charge in [-0.3, -0.25) is 4.90 Å². The van der Waals surface area contributed by atoms with Crippen LogP contribution in [0.4, 0.5) is 0 Å². The van der Waals surface area contributed by atoms with Crippen LogP contribution in [0.25, 0.3) is 22.1 Å². The van der Waals surface area contributed by atoms with Gasteiger partial charge in [-0.1, -0.05) is 49.4 Å². The zero-order valence-electron chi connectivity index (χ0n) is 18.3. The molecular formula is C27H26NO4+. The summed E-state index contributed by atoms with van der Waals surface area (Å²) in [6, 6.07) is 23.8. The first-order valence-electron chi connectivity index (χ1n) is 10.9. The van der Waals surface area contributed by atoms with Crippen LogP contribution in [0.1, 0.15) is 24.0 Å². The van der Waals surface area contributed by atoms with Crippen molar-refractivity contribution in [3.63, 3.8) is 0 Å². The summed E-state index contributed by atoms with van der Waals surface area (Å²) >= 11 is 0. The van der Waals surface area contributed by atoms with Crippen LogP contribution < -0.4 is 20.0 Å². The number of hydrogen-bond donors (Lipinski definition) is 1. The van der Waals surface area contributed by atoms with Crippen LogP contribution in [0.3, 0.4) is 0 Å². The lowest BCUT2D eigenvalue weighted by Crippen LogP contribution is -3.12. The molecule has 5 heteroatoms. The van der Waals surface area contributed by atoms with E-state index in [4.69, 9.17) is 13.9 Å². The molecule has 5 nitrogen and oxygen atoms in total. The third-order valence-electron chi connectivity index (χ3n) is 6.20. The van der Waals surface area contributed by atoms with Crippen molar-refractivity contribution in [1.29, 1.82) is 0 Å². The molecule has 4 aromatic rings. The molecule has 0 fully saturated rings. The van der Waals surface area contributed by atoms with Gasteiger partial charge in [-0.2, -0.15) is 0 Å². The summed E-state index contributed by atoms with van der Waals surface area (Å²) in [5, 5.41) is 0.912. The number of rotatable bonds is 5. The van der Waals surface area contributed by atoms with Crippen molar-refractivity contribution in [1.82, 2.24) is 0 Å². The Bertz CT molecular complexity index is 1300. The van der Waals surface area contributed by atoms with Gasteiger partial charge in [0, 0.05) is 17.4 Å². The molecule has 1 aromatic heterocycles. The number of fused-ring (bicyclic) bond motifs is 3. The average Bonchev–Trinajstić information content (AvgIpc) is 2.84. The summed E-state index contributed by atoms with van der Waals surface area (Å²) in [4.78, 5) is 13.8. The van der Waals surface area contributed by atoms with Gasteiger partial charge < -0.3 is 13.9 Å². The Morgan fingerprint density at radius 2 is 1.81 bits per heavy atom. The second-order valence-electron chi connectivity index (χ2n) is 8.36. The van der Waals surface area contributed by atoms with Crippen LogP contribution in [-0.4, -0.2) is 20.4 Å². The highest BCUT2D eigenvalue weighted by molar-refractivity contribution is 5.95. The normalized spacial score (nSPS) is 16.2. The molecule has 0 saturated carbocycles. The zero-order valence-corrected chi connectivity index (χ0v) is 18.3. The number of methoxy groups -OCH3 is 1. The van der Waals surface area contributed by atoms with Crippen LogP contribution >= 0.6 is 0 Å². The molecule has 0 spiro atoms. The van der Waals surface area contributed by atoms with Crippen molar-refractivity contribution in [3.05, 3.63) is 94.3 Å². The molecule has 1 unspecified atom stereocenters. The number of nitrogens with one attached hydrogen (secondary N) is 1. The van der Waals surface area contributed by atoms with Crippen LogP contribution in [0.2, 0.25) is 0 Å². The van der Waals surface area contributed by atoms with Gasteiger partial charge in [0.1, 0.15) is 18.0 Å². The highest BCUT2D eigenvalue weighted by Crippen LogP contribution is 2.34. The van der Waals surface area contributed by atoms with Crippen molar-refractivity contribution in [2.75, 3.05) is 20.4 Å². The van der Waals surface area contributed by atoms with E-state index in [1.165, 1.54) is 10.5 Å². The maximum absolute atomic E-state index is 12.5. The minimum atomic E-state index is -0.360. The Morgan fingerprint density at radius 3 is 2.56 bits per heavy atom. The molecule has 0 amide bonds. The molecule has 0 saturated heterocycles. The first kappa shape index (κ1) is 20.3. The SMILES string of the molecule is COc1ccc(-c2cc(=O)oc3c4c(ccc23)OC[NH+](C[C@@H](C)c2ccccc2)C4)cc1. The predicted octanol–water partition coefficient (Wildman–Crippen LogP) is 4.01. The molecule has 162 valence electrons. The second-order valence-corrected chi connectivity index (χ2v) is 8.36. The van der Waals surface area contributed by atoms with Gasteiger partial charge in [0.05, 0.1) is 19.2 Å². The van der Waals surface area contributed by atoms with Gasteiger partial charge in [-0.15, -0.1) is 0 Å². The first-order chi connectivity index (χ1) is 15.6. The lowest BCUT2D eigenvalue weighted by atomic mass is 9.98. The second kappa shape index (κ2) is 8.52. The highest BCUT2D eigenvalue weighted by atomic mass is 16.5. The molecule has 0 bridgehead atoms. The Kier molecular flexibility index (Phi) is 5.41. The van der Waals surface area contributed by atoms with E-state index in [1.54, 1.807) is 13.2 Å². The quantitative estimate of drug-likeness (QED) is 0.488. The fraction of sp³-hybridized carbons (Fsp3) is 0.222. The molecule has 3 aromatic carbocycles. The third kappa shape index (κ3) is 3.87. The summed E-state index contributed by atoms with van der Waals surface area (Å²) < 4.78 is 17.1. The maximum atomic E-state index is 12.5. The van der Waals surface area contributed by atoms with E-state index in [2.05, 4.69) is 31.2 Å². The number of benzene rings is 3. The fourth-order valence-electron chi connectivity index (χ4n) is 4.52. The third-order valence-corrected chi connectivity index (χ3v) is 6.20. The van der Waals surface area contributed by atoms with E-state index in [9.17, 15) is 4.79 Å². The van der Waals surface area contributed by atoms with Gasteiger partial charge in [0.25, 0.3) is 0 Å². The molecule has 5 rings (SSSR count). The van der Waals surface area contributed by atoms with Crippen LogP contribution in [0, 0.1) is 0 Å². The zero-order chi connectivity index (χ0) is 22.1. The lowest BCUT2D eigenvalue weighted by molar-refractivity contribution is -0.933. The minimum Gasteiger partial charge on any atom is -0.497 e. The van der Waals surface area contributed by atoms with Crippen LogP contribution in [0.15, 0.2) is 82.0 Å². The molecular weight excluding hydrogens is 402 g/mol. The molecule has 1 aliphatic rings. The predicted molar refractivity (Wildman–Crippen MR) is 124 cm³/mol. The van der Waals surface area contributed by atoms with E-state index < -0.39 is 0 Å². The van der Waals surface area contributed by atoms with Crippen molar-refractivity contribution in [3.8, 4) is 22.6 Å². The Balaban J connectivity index is 1.51. The van der Waals surface area contributed by atoms with Crippen molar-refractivity contribution < 1.29 is 18.8 Å². The lowest BCUT2D eigenvalue weighted by Gasteiger charge is -2.28. The molecule has 0 aliphatic carbocycles. The summed E-state index contributed by atoms with van der Waals surface area (Å²) in [6.07, 6.45) is 0. The standard InChI is InChI=1S/C27H25NO4/c1-18(19-6-4-3-5-7-19)15-28-16-24-25(31-17-28)13-12-22-23(14-26(29)32-27(22)24)20-8-10-21(30-2)11-9-20/h3-14,18H,15-17H2,1-2H3/p+1/t18-/m1/s1. The van der Waals surface area contributed by atoms with Gasteiger partial charge in [-0.05, 0) is 41.0 Å². The molecule has 32 heavy (non-hydrogen) atoms. The number of quaternary nitrogens is 1. The van der Waals surface area contributed by atoms with E-state index in [1.807, 2.05) is 42.5 Å². The molecule has 2 heterocycles. The topological polar surface area (TPSA) is 53.1 Å². The minimum absolute atomic E-state index is 0.360. The van der Waals surface area contributed by atoms with Crippen molar-refractivity contribution in [2.24, 2.45) is 0 Å². The number of hydrogen-bond acceptors (Lipinski definition) is 4. The molecule has 0 radical (unpaired) electrons. The summed E-state index contributed by atoms with van der Waals surface area (Å²) in [7, 11) is 1.64. The number of ether oxygens (including phenoxy) is 2. The summed E-state index contributed by atoms with van der Waals surface area (Å²) in [5.41, 5.74) is 4.33. The average molecular weight is 429 g/mol. The summed E-state index contributed by atoms with van der Waals surface area (Å²) in [5.74, 6) is 1.97.